The molecule has 1 aromatic carbocycles. The molecule has 0 amide bonds. The fourth-order valence-corrected chi connectivity index (χ4v) is 3.45. The third kappa shape index (κ3) is 3.76. The van der Waals surface area contributed by atoms with Gasteiger partial charge in [-0.3, -0.25) is 0 Å². The highest BCUT2D eigenvalue weighted by Crippen LogP contribution is 2.40. The van der Waals surface area contributed by atoms with Crippen LogP contribution in [0.15, 0.2) is 24.3 Å². The summed E-state index contributed by atoms with van der Waals surface area (Å²) >= 11 is 0. The molecule has 1 aliphatic rings. The Bertz CT molecular complexity index is 398. The van der Waals surface area contributed by atoms with E-state index in [0.29, 0.717) is 5.41 Å². The minimum Gasteiger partial charge on any atom is -0.497 e. The Morgan fingerprint density at radius 1 is 1.30 bits per heavy atom. The number of hydrogen-bond donors (Lipinski definition) is 1. The van der Waals surface area contributed by atoms with Crippen molar-refractivity contribution in [3.8, 4) is 5.75 Å². The van der Waals surface area contributed by atoms with Gasteiger partial charge >= 0.3 is 0 Å². The Morgan fingerprint density at radius 2 is 2.05 bits per heavy atom. The largest absolute Gasteiger partial charge is 0.497 e. The first-order chi connectivity index (χ1) is 9.68. The lowest BCUT2D eigenvalue weighted by Gasteiger charge is -2.42. The quantitative estimate of drug-likeness (QED) is 0.846. The Morgan fingerprint density at radius 3 is 2.70 bits per heavy atom. The molecular weight excluding hydrogens is 246 g/mol. The molecule has 1 aliphatic heterocycles. The maximum atomic E-state index is 5.22. The van der Waals surface area contributed by atoms with E-state index in [1.165, 1.54) is 50.8 Å². The number of piperidine rings is 1. The molecule has 2 nitrogen and oxygen atoms in total. The summed E-state index contributed by atoms with van der Waals surface area (Å²) in [4.78, 5) is 0. The number of aryl methyl sites for hydroxylation is 1. The summed E-state index contributed by atoms with van der Waals surface area (Å²) in [6, 6.07) is 8.56. The first-order valence-electron chi connectivity index (χ1n) is 8.01. The zero-order valence-corrected chi connectivity index (χ0v) is 13.2. The zero-order chi connectivity index (χ0) is 14.4. The second-order valence-corrected chi connectivity index (χ2v) is 6.44. The van der Waals surface area contributed by atoms with E-state index >= 15 is 0 Å². The van der Waals surface area contributed by atoms with Crippen LogP contribution in [-0.2, 0) is 6.42 Å². The lowest BCUT2D eigenvalue weighted by Crippen LogP contribution is -2.43. The van der Waals surface area contributed by atoms with Gasteiger partial charge in [0, 0.05) is 0 Å². The summed E-state index contributed by atoms with van der Waals surface area (Å²) in [5, 5.41) is 3.57. The molecule has 2 atom stereocenters. The first kappa shape index (κ1) is 15.4. The van der Waals surface area contributed by atoms with Gasteiger partial charge in [0.25, 0.3) is 0 Å². The zero-order valence-electron chi connectivity index (χ0n) is 13.2. The Hall–Kier alpha value is -1.02. The van der Waals surface area contributed by atoms with Crippen LogP contribution >= 0.6 is 0 Å². The number of ether oxygens (including phenoxy) is 1. The standard InChI is InChI=1S/C18H29NO/c1-4-5-16-14-19-13-12-18(16,2)11-10-15-6-8-17(20-3)9-7-15/h6-9,16,19H,4-5,10-14H2,1-3H3. The van der Waals surface area contributed by atoms with Crippen molar-refractivity contribution in [2.75, 3.05) is 20.2 Å². The number of rotatable bonds is 6. The molecule has 2 heteroatoms. The Kier molecular flexibility index (Phi) is 5.47. The second-order valence-electron chi connectivity index (χ2n) is 6.44. The minimum absolute atomic E-state index is 0.501. The van der Waals surface area contributed by atoms with E-state index < -0.39 is 0 Å². The molecule has 112 valence electrons. The van der Waals surface area contributed by atoms with E-state index in [9.17, 15) is 0 Å². The van der Waals surface area contributed by atoms with E-state index in [0.717, 1.165) is 11.7 Å². The average molecular weight is 275 g/mol. The summed E-state index contributed by atoms with van der Waals surface area (Å²) in [6.07, 6.45) is 6.44. The molecule has 1 heterocycles. The van der Waals surface area contributed by atoms with Crippen molar-refractivity contribution in [3.05, 3.63) is 29.8 Å². The average Bonchev–Trinajstić information content (AvgIpc) is 2.49. The van der Waals surface area contributed by atoms with Crippen LogP contribution < -0.4 is 10.1 Å². The summed E-state index contributed by atoms with van der Waals surface area (Å²) in [6.45, 7) is 7.18. The molecule has 1 saturated heterocycles. The summed E-state index contributed by atoms with van der Waals surface area (Å²) < 4.78 is 5.22. The fourth-order valence-electron chi connectivity index (χ4n) is 3.45. The molecule has 0 aromatic heterocycles. The van der Waals surface area contributed by atoms with E-state index in [-0.39, 0.29) is 0 Å². The highest BCUT2D eigenvalue weighted by molar-refractivity contribution is 5.27. The predicted octanol–water partition coefficient (Wildman–Crippen LogP) is 4.04. The van der Waals surface area contributed by atoms with Crippen LogP contribution in [-0.4, -0.2) is 20.2 Å². The highest BCUT2D eigenvalue weighted by atomic mass is 16.5. The summed E-state index contributed by atoms with van der Waals surface area (Å²) in [5.74, 6) is 1.78. The summed E-state index contributed by atoms with van der Waals surface area (Å²) in [5.41, 5.74) is 1.93. The van der Waals surface area contributed by atoms with Crippen LogP contribution in [0.4, 0.5) is 0 Å². The maximum Gasteiger partial charge on any atom is 0.118 e. The van der Waals surface area contributed by atoms with E-state index in [1.54, 1.807) is 7.11 Å². The molecule has 0 saturated carbocycles. The van der Waals surface area contributed by atoms with Crippen LogP contribution in [0.25, 0.3) is 0 Å². The van der Waals surface area contributed by atoms with Crippen molar-refractivity contribution in [2.45, 2.75) is 46.0 Å². The van der Waals surface area contributed by atoms with Gasteiger partial charge in [-0.2, -0.15) is 0 Å². The summed E-state index contributed by atoms with van der Waals surface area (Å²) in [7, 11) is 1.72. The van der Waals surface area contributed by atoms with Gasteiger partial charge in [-0.05, 0) is 67.8 Å². The Labute approximate surface area is 123 Å². The lowest BCUT2D eigenvalue weighted by molar-refractivity contribution is 0.109. The van der Waals surface area contributed by atoms with Crippen molar-refractivity contribution in [1.82, 2.24) is 5.32 Å². The number of methoxy groups -OCH3 is 1. The minimum atomic E-state index is 0.501. The van der Waals surface area contributed by atoms with Crippen molar-refractivity contribution in [2.24, 2.45) is 11.3 Å². The fraction of sp³-hybridized carbons (Fsp3) is 0.667. The van der Waals surface area contributed by atoms with E-state index in [1.807, 2.05) is 0 Å². The van der Waals surface area contributed by atoms with Gasteiger partial charge in [0.15, 0.2) is 0 Å². The number of hydrogen-bond acceptors (Lipinski definition) is 2. The first-order valence-corrected chi connectivity index (χ1v) is 8.01. The molecule has 1 fully saturated rings. The van der Waals surface area contributed by atoms with Gasteiger partial charge in [-0.1, -0.05) is 32.4 Å². The molecule has 0 bridgehead atoms. The van der Waals surface area contributed by atoms with Gasteiger partial charge in [0.2, 0.25) is 0 Å². The van der Waals surface area contributed by atoms with Gasteiger partial charge in [-0.15, -0.1) is 0 Å². The van der Waals surface area contributed by atoms with E-state index in [2.05, 4.69) is 43.4 Å². The smallest absolute Gasteiger partial charge is 0.118 e. The lowest BCUT2D eigenvalue weighted by atomic mass is 9.67. The molecule has 2 rings (SSSR count). The molecule has 0 aliphatic carbocycles. The van der Waals surface area contributed by atoms with Crippen LogP contribution in [0.5, 0.6) is 5.75 Å². The van der Waals surface area contributed by atoms with Crippen LogP contribution in [0.1, 0.15) is 45.1 Å². The third-order valence-electron chi connectivity index (χ3n) is 5.03. The van der Waals surface area contributed by atoms with Crippen molar-refractivity contribution < 1.29 is 4.74 Å². The van der Waals surface area contributed by atoms with Gasteiger partial charge in [0.1, 0.15) is 5.75 Å². The molecule has 20 heavy (non-hydrogen) atoms. The van der Waals surface area contributed by atoms with Crippen LogP contribution in [0.2, 0.25) is 0 Å². The molecule has 1 aromatic rings. The number of nitrogens with one attached hydrogen (secondary N) is 1. The van der Waals surface area contributed by atoms with Crippen LogP contribution in [0, 0.1) is 11.3 Å². The second kappa shape index (κ2) is 7.12. The highest BCUT2D eigenvalue weighted by Gasteiger charge is 2.35. The topological polar surface area (TPSA) is 21.3 Å². The monoisotopic (exact) mass is 275 g/mol. The number of benzene rings is 1. The third-order valence-corrected chi connectivity index (χ3v) is 5.03. The normalized spacial score (nSPS) is 26.4. The van der Waals surface area contributed by atoms with Crippen molar-refractivity contribution >= 4 is 0 Å². The SMILES string of the molecule is CCCC1CNCCC1(C)CCc1ccc(OC)cc1. The molecule has 2 unspecified atom stereocenters. The molecule has 0 spiro atoms. The molecule has 1 N–H and O–H groups in total. The van der Waals surface area contributed by atoms with Gasteiger partial charge in [0.05, 0.1) is 7.11 Å². The maximum absolute atomic E-state index is 5.22. The van der Waals surface area contributed by atoms with Gasteiger partial charge in [-0.25, -0.2) is 0 Å². The predicted molar refractivity (Wildman–Crippen MR) is 85.3 cm³/mol. The van der Waals surface area contributed by atoms with Crippen LogP contribution in [0.3, 0.4) is 0 Å². The Balaban J connectivity index is 1.95. The van der Waals surface area contributed by atoms with Crippen molar-refractivity contribution in [1.29, 1.82) is 0 Å². The molecule has 0 radical (unpaired) electrons. The molecular formula is C18H29NO. The van der Waals surface area contributed by atoms with Gasteiger partial charge < -0.3 is 10.1 Å². The van der Waals surface area contributed by atoms with E-state index in [4.69, 9.17) is 4.74 Å². The van der Waals surface area contributed by atoms with Crippen molar-refractivity contribution in [3.63, 3.8) is 0 Å².